The second-order valence-corrected chi connectivity index (χ2v) is 5.37. The van der Waals surface area contributed by atoms with Crippen LogP contribution in [0.25, 0.3) is 11.3 Å². The van der Waals surface area contributed by atoms with Crippen molar-refractivity contribution >= 4 is 23.5 Å². The zero-order valence-electron chi connectivity index (χ0n) is 11.3. The number of aromatic amines is 1. The zero-order chi connectivity index (χ0) is 15.4. The molecule has 22 heavy (non-hydrogen) atoms. The largest absolute Gasteiger partial charge is 0.289 e. The number of hydrogen-bond donors (Lipinski definition) is 2. The Morgan fingerprint density at radius 2 is 2.14 bits per heavy atom. The fraction of sp³-hybridized carbons (Fsp3) is 0. The molecule has 3 rings (SSSR count). The van der Waals surface area contributed by atoms with E-state index in [1.165, 1.54) is 23.5 Å². The summed E-state index contributed by atoms with van der Waals surface area (Å²) >= 11 is 1.52. The Labute approximate surface area is 129 Å². The van der Waals surface area contributed by atoms with Crippen molar-refractivity contribution in [1.82, 2.24) is 15.6 Å². The Morgan fingerprint density at radius 3 is 2.86 bits per heavy atom. The number of hydrazone groups is 1. The predicted octanol–water partition coefficient (Wildman–Crippen LogP) is 3.04. The average molecular weight is 314 g/mol. The maximum absolute atomic E-state index is 12.9. The van der Waals surface area contributed by atoms with E-state index in [1.54, 1.807) is 24.4 Å². The fourth-order valence-electron chi connectivity index (χ4n) is 1.79. The molecule has 0 saturated heterocycles. The van der Waals surface area contributed by atoms with Gasteiger partial charge in [0.15, 0.2) is 0 Å². The second-order valence-electron chi connectivity index (χ2n) is 4.39. The van der Waals surface area contributed by atoms with E-state index < -0.39 is 5.91 Å². The summed E-state index contributed by atoms with van der Waals surface area (Å²) in [6.45, 7) is 0. The van der Waals surface area contributed by atoms with Crippen molar-refractivity contribution < 1.29 is 9.18 Å². The Kier molecular flexibility index (Phi) is 4.06. The van der Waals surface area contributed by atoms with Crippen LogP contribution in [-0.4, -0.2) is 22.3 Å². The lowest BCUT2D eigenvalue weighted by Crippen LogP contribution is -2.17. The Hall–Kier alpha value is -2.80. The molecule has 7 heteroatoms. The lowest BCUT2D eigenvalue weighted by molar-refractivity contribution is 0.0950. The minimum absolute atomic E-state index is 0.280. The molecule has 0 saturated carbocycles. The zero-order valence-corrected chi connectivity index (χ0v) is 12.1. The van der Waals surface area contributed by atoms with Crippen LogP contribution in [0.1, 0.15) is 15.4 Å². The summed E-state index contributed by atoms with van der Waals surface area (Å²) in [4.78, 5) is 12.9. The number of aromatic nitrogens is 2. The normalized spacial score (nSPS) is 11.0. The molecule has 0 aliphatic rings. The van der Waals surface area contributed by atoms with Gasteiger partial charge in [-0.25, -0.2) is 9.82 Å². The van der Waals surface area contributed by atoms with Gasteiger partial charge in [0.1, 0.15) is 11.5 Å². The number of rotatable bonds is 4. The average Bonchev–Trinajstić information content (AvgIpc) is 3.19. The molecule has 2 N–H and O–H groups in total. The summed E-state index contributed by atoms with van der Waals surface area (Å²) in [6.07, 6.45) is 1.57. The Bertz CT molecular complexity index is 793. The van der Waals surface area contributed by atoms with Gasteiger partial charge in [0, 0.05) is 10.4 Å². The van der Waals surface area contributed by atoms with Crippen molar-refractivity contribution in [3.8, 4) is 11.3 Å². The lowest BCUT2D eigenvalue weighted by Gasteiger charge is -1.95. The summed E-state index contributed by atoms with van der Waals surface area (Å²) < 4.78 is 12.9. The third-order valence-corrected chi connectivity index (χ3v) is 3.67. The van der Waals surface area contributed by atoms with Gasteiger partial charge in [-0.05, 0) is 41.8 Å². The van der Waals surface area contributed by atoms with Gasteiger partial charge < -0.3 is 0 Å². The molecule has 1 amide bonds. The molecule has 0 fully saturated rings. The van der Waals surface area contributed by atoms with E-state index in [1.807, 2.05) is 17.5 Å². The molecule has 2 aromatic heterocycles. The van der Waals surface area contributed by atoms with Crippen molar-refractivity contribution in [3.05, 3.63) is 64.2 Å². The van der Waals surface area contributed by atoms with Crippen LogP contribution < -0.4 is 5.43 Å². The van der Waals surface area contributed by atoms with Crippen LogP contribution >= 0.6 is 11.3 Å². The van der Waals surface area contributed by atoms with E-state index in [0.29, 0.717) is 5.69 Å². The lowest BCUT2D eigenvalue weighted by atomic mass is 10.1. The number of hydrogen-bond acceptors (Lipinski definition) is 4. The number of halogens is 1. The number of carbonyl (C=O) groups excluding carboxylic acids is 1. The van der Waals surface area contributed by atoms with E-state index in [4.69, 9.17) is 0 Å². The first-order chi connectivity index (χ1) is 10.7. The minimum atomic E-state index is -0.395. The monoisotopic (exact) mass is 314 g/mol. The van der Waals surface area contributed by atoms with Crippen molar-refractivity contribution in [1.29, 1.82) is 0 Å². The number of nitrogens with zero attached hydrogens (tertiary/aromatic N) is 2. The molecule has 5 nitrogen and oxygen atoms in total. The highest BCUT2D eigenvalue weighted by Gasteiger charge is 2.10. The predicted molar refractivity (Wildman–Crippen MR) is 83.4 cm³/mol. The standard InChI is InChI=1S/C15H11FN4OS/c16-11-5-3-10(4-6-11)13-8-14(19-18-13)15(21)20-17-9-12-2-1-7-22-12/h1-9H,(H,18,19)(H,20,21)/b17-9+. The van der Waals surface area contributed by atoms with E-state index in [0.717, 1.165) is 10.4 Å². The van der Waals surface area contributed by atoms with Gasteiger partial charge in [-0.2, -0.15) is 10.2 Å². The fourth-order valence-corrected chi connectivity index (χ4v) is 2.37. The summed E-state index contributed by atoms with van der Waals surface area (Å²) in [6, 6.07) is 11.3. The van der Waals surface area contributed by atoms with Crippen LogP contribution in [0.4, 0.5) is 4.39 Å². The van der Waals surface area contributed by atoms with E-state index >= 15 is 0 Å². The van der Waals surface area contributed by atoms with Gasteiger partial charge in [-0.1, -0.05) is 6.07 Å². The third kappa shape index (κ3) is 3.26. The van der Waals surface area contributed by atoms with Crippen LogP contribution in [-0.2, 0) is 0 Å². The summed E-state index contributed by atoms with van der Waals surface area (Å²) in [5, 5.41) is 12.5. The number of carbonyl (C=O) groups is 1. The smallest absolute Gasteiger partial charge is 0.272 e. The second kappa shape index (κ2) is 6.31. The first-order valence-electron chi connectivity index (χ1n) is 6.40. The van der Waals surface area contributed by atoms with Gasteiger partial charge in [-0.15, -0.1) is 11.3 Å². The molecule has 2 heterocycles. The van der Waals surface area contributed by atoms with E-state index in [9.17, 15) is 9.18 Å². The Morgan fingerprint density at radius 1 is 1.32 bits per heavy atom. The topological polar surface area (TPSA) is 70.1 Å². The first-order valence-corrected chi connectivity index (χ1v) is 7.28. The van der Waals surface area contributed by atoms with E-state index in [-0.39, 0.29) is 11.5 Å². The summed E-state index contributed by atoms with van der Waals surface area (Å²) in [7, 11) is 0. The molecule has 1 aromatic carbocycles. The number of amides is 1. The molecule has 0 radical (unpaired) electrons. The molecule has 0 atom stereocenters. The maximum atomic E-state index is 12.9. The van der Waals surface area contributed by atoms with Gasteiger partial charge in [0.05, 0.1) is 11.9 Å². The SMILES string of the molecule is O=C(N/N=C/c1cccs1)c1cc(-c2ccc(F)cc2)n[nH]1. The van der Waals surface area contributed by atoms with Crippen molar-refractivity contribution in [3.63, 3.8) is 0 Å². The van der Waals surface area contributed by atoms with Crippen molar-refractivity contribution in [2.24, 2.45) is 5.10 Å². The molecule has 0 spiro atoms. The van der Waals surface area contributed by atoms with Gasteiger partial charge in [0.2, 0.25) is 0 Å². The highest BCUT2D eigenvalue weighted by atomic mass is 32.1. The highest BCUT2D eigenvalue weighted by molar-refractivity contribution is 7.11. The number of thiophene rings is 1. The quantitative estimate of drug-likeness (QED) is 0.574. The van der Waals surface area contributed by atoms with Crippen LogP contribution in [0.2, 0.25) is 0 Å². The van der Waals surface area contributed by atoms with Crippen LogP contribution in [0.3, 0.4) is 0 Å². The molecule has 0 unspecified atom stereocenters. The summed E-state index contributed by atoms with van der Waals surface area (Å²) in [5.41, 5.74) is 3.98. The number of nitrogens with one attached hydrogen (secondary N) is 2. The van der Waals surface area contributed by atoms with E-state index in [2.05, 4.69) is 20.7 Å². The van der Waals surface area contributed by atoms with Crippen molar-refractivity contribution in [2.45, 2.75) is 0 Å². The molecule has 0 bridgehead atoms. The first kappa shape index (κ1) is 14.2. The van der Waals surface area contributed by atoms with Gasteiger partial charge in [-0.3, -0.25) is 9.89 Å². The molecule has 110 valence electrons. The van der Waals surface area contributed by atoms with Crippen LogP contribution in [0.15, 0.2) is 52.9 Å². The summed E-state index contributed by atoms with van der Waals surface area (Å²) in [5.74, 6) is -0.714. The van der Waals surface area contributed by atoms with Crippen LogP contribution in [0, 0.1) is 5.82 Å². The molecular weight excluding hydrogens is 303 g/mol. The van der Waals surface area contributed by atoms with Gasteiger partial charge >= 0.3 is 0 Å². The number of H-pyrrole nitrogens is 1. The molecule has 0 aliphatic carbocycles. The minimum Gasteiger partial charge on any atom is -0.272 e. The van der Waals surface area contributed by atoms with Crippen LogP contribution in [0.5, 0.6) is 0 Å². The highest BCUT2D eigenvalue weighted by Crippen LogP contribution is 2.17. The third-order valence-electron chi connectivity index (χ3n) is 2.86. The molecule has 3 aromatic rings. The maximum Gasteiger partial charge on any atom is 0.289 e. The molecular formula is C15H11FN4OS. The Balaban J connectivity index is 1.68. The van der Waals surface area contributed by atoms with Crippen molar-refractivity contribution in [2.75, 3.05) is 0 Å². The van der Waals surface area contributed by atoms with Gasteiger partial charge in [0.25, 0.3) is 5.91 Å². The molecule has 0 aliphatic heterocycles. The number of benzene rings is 1.